The van der Waals surface area contributed by atoms with Gasteiger partial charge in [0.1, 0.15) is 5.75 Å². The minimum atomic E-state index is -4.40. The third-order valence-electron chi connectivity index (χ3n) is 4.72. The molecule has 2 rings (SSSR count). The number of sulfone groups is 1. The molecule has 0 heterocycles. The molecule has 2 aromatic rings. The van der Waals surface area contributed by atoms with Gasteiger partial charge >= 0.3 is 12.1 Å². The van der Waals surface area contributed by atoms with Crippen LogP contribution < -0.4 is 4.74 Å². The van der Waals surface area contributed by atoms with Crippen molar-refractivity contribution in [2.75, 3.05) is 7.11 Å². The molecule has 0 amide bonds. The van der Waals surface area contributed by atoms with Crippen LogP contribution in [0.5, 0.6) is 5.75 Å². The van der Waals surface area contributed by atoms with Crippen LogP contribution in [0.25, 0.3) is 0 Å². The minimum Gasteiger partial charge on any atom is -0.497 e. The maximum Gasteiger partial charge on any atom is 0.416 e. The van der Waals surface area contributed by atoms with Crippen LogP contribution in [-0.2, 0) is 27.2 Å². The van der Waals surface area contributed by atoms with Crippen LogP contribution in [0.3, 0.4) is 0 Å². The fourth-order valence-corrected chi connectivity index (χ4v) is 4.67. The molecule has 0 fully saturated rings. The molecule has 0 aliphatic carbocycles. The lowest BCUT2D eigenvalue weighted by molar-refractivity contribution is -0.138. The summed E-state index contributed by atoms with van der Waals surface area (Å²) in [6.07, 6.45) is -2.74. The summed E-state index contributed by atoms with van der Waals surface area (Å²) >= 11 is 0. The Kier molecular flexibility index (Phi) is 7.89. The van der Waals surface area contributed by atoms with Gasteiger partial charge in [-0.15, -0.1) is 0 Å². The number of hydrogen-bond donors (Lipinski definition) is 1. The predicted octanol–water partition coefficient (Wildman–Crippen LogP) is 4.74. The van der Waals surface area contributed by atoms with Gasteiger partial charge in [0.25, 0.3) is 0 Å². The molecule has 1 unspecified atom stereocenters. The molecular formula is C21H23F3O5S. The third kappa shape index (κ3) is 6.22. The molecule has 164 valence electrons. The highest BCUT2D eigenvalue weighted by Gasteiger charge is 2.33. The van der Waals surface area contributed by atoms with Gasteiger partial charge in [0.05, 0.1) is 17.6 Å². The standard InChI is InChI=1S/C21H23F3O5S/c1-29-17-10-12-18(13-11-17)30(27,28)19(20(25)26)9-4-2-3-6-15-7-5-8-16(14-15)21(22,23)24/h5,7-8,10-14,19H,2-4,6,9H2,1H3,(H,25,26). The lowest BCUT2D eigenvalue weighted by Gasteiger charge is -2.14. The SMILES string of the molecule is COc1ccc(S(=O)(=O)C(CCCCCc2cccc(C(F)(F)F)c2)C(=O)O)cc1. The van der Waals surface area contributed by atoms with Gasteiger partial charge in [0.15, 0.2) is 15.1 Å². The first kappa shape index (κ1) is 23.7. The summed E-state index contributed by atoms with van der Waals surface area (Å²) in [6.45, 7) is 0. The monoisotopic (exact) mass is 444 g/mol. The number of aryl methyl sites for hydroxylation is 1. The van der Waals surface area contributed by atoms with Gasteiger partial charge in [0, 0.05) is 0 Å². The number of rotatable bonds is 10. The maximum absolute atomic E-state index is 12.7. The van der Waals surface area contributed by atoms with Crippen LogP contribution in [-0.4, -0.2) is 31.9 Å². The number of carbonyl (C=O) groups is 1. The van der Waals surface area contributed by atoms with E-state index in [9.17, 15) is 31.5 Å². The van der Waals surface area contributed by atoms with Crippen LogP contribution in [0.4, 0.5) is 13.2 Å². The fourth-order valence-electron chi connectivity index (χ4n) is 3.08. The van der Waals surface area contributed by atoms with Gasteiger partial charge in [-0.3, -0.25) is 4.79 Å². The van der Waals surface area contributed by atoms with Gasteiger partial charge in [-0.25, -0.2) is 8.42 Å². The smallest absolute Gasteiger partial charge is 0.416 e. The summed E-state index contributed by atoms with van der Waals surface area (Å²) in [5.41, 5.74) is -0.179. The van der Waals surface area contributed by atoms with Crippen molar-refractivity contribution in [3.05, 3.63) is 59.7 Å². The number of aliphatic carboxylic acids is 1. The Morgan fingerprint density at radius 2 is 1.73 bits per heavy atom. The van der Waals surface area contributed by atoms with Gasteiger partial charge < -0.3 is 9.84 Å². The van der Waals surface area contributed by atoms with E-state index in [-0.39, 0.29) is 11.3 Å². The molecule has 0 spiro atoms. The molecule has 0 aromatic heterocycles. The average Bonchev–Trinajstić information content (AvgIpc) is 2.69. The molecule has 9 heteroatoms. The average molecular weight is 444 g/mol. The second-order valence-corrected chi connectivity index (χ2v) is 8.98. The molecule has 0 saturated carbocycles. The Morgan fingerprint density at radius 3 is 2.30 bits per heavy atom. The van der Waals surface area contributed by atoms with E-state index in [0.717, 1.165) is 12.1 Å². The number of carboxylic acids is 1. The summed E-state index contributed by atoms with van der Waals surface area (Å²) < 4.78 is 68.5. The Bertz CT molecular complexity index is 953. The lowest BCUT2D eigenvalue weighted by Crippen LogP contribution is -2.30. The third-order valence-corrected chi connectivity index (χ3v) is 6.84. The van der Waals surface area contributed by atoms with E-state index in [2.05, 4.69) is 0 Å². The number of hydrogen-bond acceptors (Lipinski definition) is 4. The zero-order chi connectivity index (χ0) is 22.4. The molecule has 0 radical (unpaired) electrons. The highest BCUT2D eigenvalue weighted by molar-refractivity contribution is 7.92. The molecule has 0 aliphatic rings. The highest BCUT2D eigenvalue weighted by Crippen LogP contribution is 2.30. The van der Waals surface area contributed by atoms with Gasteiger partial charge in [-0.05, 0) is 55.2 Å². The fraction of sp³-hybridized carbons (Fsp3) is 0.381. The van der Waals surface area contributed by atoms with Crippen LogP contribution in [0.1, 0.15) is 36.8 Å². The molecule has 5 nitrogen and oxygen atoms in total. The minimum absolute atomic E-state index is 0.0771. The Hall–Kier alpha value is -2.55. The first-order valence-electron chi connectivity index (χ1n) is 9.32. The number of carboxylic acid groups (broad SMARTS) is 1. The van der Waals surface area contributed by atoms with E-state index in [1.54, 1.807) is 6.07 Å². The Balaban J connectivity index is 1.93. The Labute approximate surface area is 173 Å². The molecule has 0 aliphatic heterocycles. The number of alkyl halides is 3. The first-order valence-corrected chi connectivity index (χ1v) is 10.9. The summed E-state index contributed by atoms with van der Waals surface area (Å²) in [4.78, 5) is 11.5. The predicted molar refractivity (Wildman–Crippen MR) is 105 cm³/mol. The number of ether oxygens (including phenoxy) is 1. The van der Waals surface area contributed by atoms with Crippen molar-refractivity contribution in [3.8, 4) is 5.75 Å². The van der Waals surface area contributed by atoms with E-state index in [4.69, 9.17) is 4.74 Å². The van der Waals surface area contributed by atoms with Crippen LogP contribution in [0.2, 0.25) is 0 Å². The summed E-state index contributed by atoms with van der Waals surface area (Å²) in [5, 5.41) is 7.82. The first-order chi connectivity index (χ1) is 14.1. The van der Waals surface area contributed by atoms with Gasteiger partial charge in [-0.2, -0.15) is 13.2 Å². The van der Waals surface area contributed by atoms with Crippen LogP contribution in [0.15, 0.2) is 53.4 Å². The van der Waals surface area contributed by atoms with E-state index in [1.807, 2.05) is 0 Å². The van der Waals surface area contributed by atoms with Crippen molar-refractivity contribution in [1.82, 2.24) is 0 Å². The summed E-state index contributed by atoms with van der Waals surface area (Å²) in [7, 11) is -2.63. The molecule has 0 saturated heterocycles. The second-order valence-electron chi connectivity index (χ2n) is 6.84. The Morgan fingerprint density at radius 1 is 1.07 bits per heavy atom. The topological polar surface area (TPSA) is 80.7 Å². The number of benzene rings is 2. The summed E-state index contributed by atoms with van der Waals surface area (Å²) in [5.74, 6) is -0.973. The normalized spacial score (nSPS) is 13.1. The molecule has 2 aromatic carbocycles. The highest BCUT2D eigenvalue weighted by atomic mass is 32.2. The number of halogens is 3. The number of methoxy groups -OCH3 is 1. The quantitative estimate of drug-likeness (QED) is 0.535. The van der Waals surface area contributed by atoms with Crippen molar-refractivity contribution in [2.24, 2.45) is 0 Å². The largest absolute Gasteiger partial charge is 0.497 e. The molecule has 30 heavy (non-hydrogen) atoms. The lowest BCUT2D eigenvalue weighted by atomic mass is 10.0. The number of unbranched alkanes of at least 4 members (excludes halogenated alkanes) is 2. The molecule has 1 atom stereocenters. The van der Waals surface area contributed by atoms with Crippen LogP contribution >= 0.6 is 0 Å². The van der Waals surface area contributed by atoms with Gasteiger partial charge in [0.2, 0.25) is 0 Å². The van der Waals surface area contributed by atoms with E-state index in [1.165, 1.54) is 37.4 Å². The van der Waals surface area contributed by atoms with Crippen molar-refractivity contribution < 1.29 is 36.2 Å². The van der Waals surface area contributed by atoms with Crippen LogP contribution in [0, 0.1) is 0 Å². The van der Waals surface area contributed by atoms with E-state index < -0.39 is 32.8 Å². The molecular weight excluding hydrogens is 421 g/mol. The van der Waals surface area contributed by atoms with Crippen molar-refractivity contribution in [3.63, 3.8) is 0 Å². The van der Waals surface area contributed by atoms with Gasteiger partial charge in [-0.1, -0.05) is 31.0 Å². The van der Waals surface area contributed by atoms with Crippen molar-refractivity contribution in [1.29, 1.82) is 0 Å². The van der Waals surface area contributed by atoms with E-state index in [0.29, 0.717) is 37.0 Å². The van der Waals surface area contributed by atoms with E-state index >= 15 is 0 Å². The second kappa shape index (κ2) is 9.97. The van der Waals surface area contributed by atoms with Crippen molar-refractivity contribution in [2.45, 2.75) is 48.4 Å². The summed E-state index contributed by atoms with van der Waals surface area (Å²) in [6, 6.07) is 10.5. The molecule has 1 N–H and O–H groups in total. The maximum atomic E-state index is 12.7. The molecule has 0 bridgehead atoms. The van der Waals surface area contributed by atoms with Crippen molar-refractivity contribution >= 4 is 15.8 Å². The zero-order valence-electron chi connectivity index (χ0n) is 16.4. The zero-order valence-corrected chi connectivity index (χ0v) is 17.2.